The predicted molar refractivity (Wildman–Crippen MR) is 76.8 cm³/mol. The quantitative estimate of drug-likeness (QED) is 0.451. The van der Waals surface area contributed by atoms with E-state index in [1.54, 1.807) is 30.3 Å². The second-order valence-corrected chi connectivity index (χ2v) is 4.34. The number of aromatic hydroxyl groups is 1. The Morgan fingerprint density at radius 3 is 2.52 bits per heavy atom. The molecule has 2 rings (SSSR count). The molecule has 0 heterocycles. The highest BCUT2D eigenvalue weighted by atomic mass is 16.6. The van der Waals surface area contributed by atoms with Gasteiger partial charge < -0.3 is 16.2 Å². The molecule has 1 atom stereocenters. The van der Waals surface area contributed by atoms with Crippen LogP contribution in [-0.2, 0) is 4.79 Å². The lowest BCUT2D eigenvalue weighted by molar-refractivity contribution is -0.384. The zero-order valence-corrected chi connectivity index (χ0v) is 10.9. The van der Waals surface area contributed by atoms with Crippen LogP contribution in [0, 0.1) is 10.1 Å². The highest BCUT2D eigenvalue weighted by Crippen LogP contribution is 2.29. The van der Waals surface area contributed by atoms with Gasteiger partial charge in [-0.2, -0.15) is 0 Å². The van der Waals surface area contributed by atoms with Gasteiger partial charge in [0.05, 0.1) is 11.0 Å². The normalized spacial score (nSPS) is 11.7. The van der Waals surface area contributed by atoms with Gasteiger partial charge in [0.2, 0.25) is 5.91 Å². The first kappa shape index (κ1) is 14.5. The molecule has 1 amide bonds. The van der Waals surface area contributed by atoms with Crippen molar-refractivity contribution in [1.29, 1.82) is 0 Å². The number of nitrogens with zero attached hydrogens (tertiary/aromatic N) is 1. The molecule has 0 aliphatic rings. The highest BCUT2D eigenvalue weighted by Gasteiger charge is 2.21. The fraction of sp³-hybridized carbons (Fsp3) is 0.0714. The molecule has 7 heteroatoms. The Labute approximate surface area is 120 Å². The lowest BCUT2D eigenvalue weighted by Crippen LogP contribution is -2.27. The third-order valence-electron chi connectivity index (χ3n) is 2.88. The van der Waals surface area contributed by atoms with Crippen molar-refractivity contribution >= 4 is 17.3 Å². The number of carbonyl (C=O) groups is 1. The van der Waals surface area contributed by atoms with Gasteiger partial charge in [0.25, 0.3) is 5.69 Å². The Balaban J connectivity index is 2.22. The molecule has 7 nitrogen and oxygen atoms in total. The van der Waals surface area contributed by atoms with Crippen LogP contribution in [0.5, 0.6) is 5.75 Å². The van der Waals surface area contributed by atoms with Crippen LogP contribution < -0.4 is 11.1 Å². The van der Waals surface area contributed by atoms with Gasteiger partial charge in [-0.15, -0.1) is 0 Å². The zero-order valence-electron chi connectivity index (χ0n) is 10.9. The molecule has 0 unspecified atom stereocenters. The average Bonchev–Trinajstić information content (AvgIpc) is 2.49. The molecule has 2 aromatic rings. The second-order valence-electron chi connectivity index (χ2n) is 4.34. The average molecular weight is 287 g/mol. The van der Waals surface area contributed by atoms with Crippen LogP contribution in [0.25, 0.3) is 0 Å². The third kappa shape index (κ3) is 3.34. The summed E-state index contributed by atoms with van der Waals surface area (Å²) in [5, 5.41) is 22.6. The van der Waals surface area contributed by atoms with Gasteiger partial charge in [-0.1, -0.05) is 30.3 Å². The van der Waals surface area contributed by atoms with Gasteiger partial charge in [-0.05, 0) is 17.7 Å². The van der Waals surface area contributed by atoms with Crippen LogP contribution in [0.4, 0.5) is 11.4 Å². The summed E-state index contributed by atoms with van der Waals surface area (Å²) in [6.07, 6.45) is 0. The Kier molecular flexibility index (Phi) is 4.15. The number of anilines is 1. The van der Waals surface area contributed by atoms with Crippen molar-refractivity contribution in [2.24, 2.45) is 5.73 Å². The molecular formula is C14H13N3O4. The number of benzene rings is 2. The number of nitro groups is 1. The largest absolute Gasteiger partial charge is 0.508 e. The van der Waals surface area contributed by atoms with Crippen LogP contribution >= 0.6 is 0 Å². The van der Waals surface area contributed by atoms with E-state index < -0.39 is 22.6 Å². The fourth-order valence-electron chi connectivity index (χ4n) is 1.80. The number of phenols is 1. The number of hydrogen-bond donors (Lipinski definition) is 3. The van der Waals surface area contributed by atoms with Gasteiger partial charge in [0, 0.05) is 0 Å². The van der Waals surface area contributed by atoms with E-state index in [0.717, 1.165) is 6.07 Å². The van der Waals surface area contributed by atoms with Crippen LogP contribution in [0.1, 0.15) is 11.6 Å². The van der Waals surface area contributed by atoms with Gasteiger partial charge in [-0.25, -0.2) is 0 Å². The molecule has 0 spiro atoms. The van der Waals surface area contributed by atoms with Crippen molar-refractivity contribution < 1.29 is 14.8 Å². The van der Waals surface area contributed by atoms with E-state index in [1.165, 1.54) is 12.1 Å². The maximum absolute atomic E-state index is 12.1. The summed E-state index contributed by atoms with van der Waals surface area (Å²) in [5.41, 5.74) is 5.99. The van der Waals surface area contributed by atoms with Gasteiger partial charge in [0.15, 0.2) is 0 Å². The number of nitrogens with two attached hydrogens (primary N) is 1. The number of carbonyl (C=O) groups excluding carboxylic acids is 1. The van der Waals surface area contributed by atoms with Crippen LogP contribution in [0.2, 0.25) is 0 Å². The fourth-order valence-corrected chi connectivity index (χ4v) is 1.80. The molecule has 21 heavy (non-hydrogen) atoms. The molecule has 0 saturated carbocycles. The highest BCUT2D eigenvalue weighted by molar-refractivity contribution is 5.97. The SMILES string of the molecule is N[C@@H](C(=O)Nc1ccc(O)cc1[N+](=O)[O-])c1ccccc1. The molecule has 0 radical (unpaired) electrons. The van der Waals surface area contributed by atoms with Crippen molar-refractivity contribution in [3.05, 3.63) is 64.2 Å². The van der Waals surface area contributed by atoms with E-state index in [1.807, 2.05) is 0 Å². The lowest BCUT2D eigenvalue weighted by Gasteiger charge is -2.12. The molecule has 0 aliphatic heterocycles. The smallest absolute Gasteiger partial charge is 0.296 e. The number of rotatable bonds is 4. The van der Waals surface area contributed by atoms with E-state index in [4.69, 9.17) is 5.73 Å². The summed E-state index contributed by atoms with van der Waals surface area (Å²) in [7, 11) is 0. The molecular weight excluding hydrogens is 274 g/mol. The summed E-state index contributed by atoms with van der Waals surface area (Å²) >= 11 is 0. The summed E-state index contributed by atoms with van der Waals surface area (Å²) in [6.45, 7) is 0. The Bertz CT molecular complexity index is 673. The zero-order chi connectivity index (χ0) is 15.4. The number of amides is 1. The number of nitrogens with one attached hydrogen (secondary N) is 1. The summed E-state index contributed by atoms with van der Waals surface area (Å²) in [6, 6.07) is 11.2. The molecule has 0 bridgehead atoms. The Morgan fingerprint density at radius 2 is 1.90 bits per heavy atom. The predicted octanol–water partition coefficient (Wildman–Crippen LogP) is 1.94. The topological polar surface area (TPSA) is 118 Å². The molecule has 0 saturated heterocycles. The maximum Gasteiger partial charge on any atom is 0.296 e. The molecule has 2 aromatic carbocycles. The van der Waals surface area contributed by atoms with E-state index in [9.17, 15) is 20.0 Å². The van der Waals surface area contributed by atoms with E-state index >= 15 is 0 Å². The summed E-state index contributed by atoms with van der Waals surface area (Å²) < 4.78 is 0. The lowest BCUT2D eigenvalue weighted by atomic mass is 10.1. The van der Waals surface area contributed by atoms with E-state index in [2.05, 4.69) is 5.32 Å². The van der Waals surface area contributed by atoms with Crippen molar-refractivity contribution in [1.82, 2.24) is 0 Å². The summed E-state index contributed by atoms with van der Waals surface area (Å²) in [4.78, 5) is 22.3. The first-order valence-corrected chi connectivity index (χ1v) is 6.08. The van der Waals surface area contributed by atoms with Crippen molar-refractivity contribution in [2.75, 3.05) is 5.32 Å². The second kappa shape index (κ2) is 6.02. The van der Waals surface area contributed by atoms with Crippen molar-refractivity contribution in [2.45, 2.75) is 6.04 Å². The maximum atomic E-state index is 12.1. The monoisotopic (exact) mass is 287 g/mol. The molecule has 4 N–H and O–H groups in total. The standard InChI is InChI=1S/C14H13N3O4/c15-13(9-4-2-1-3-5-9)14(19)16-11-7-6-10(18)8-12(11)17(20)21/h1-8,13,18H,15H2,(H,16,19)/t13-/m1/s1. The molecule has 0 fully saturated rings. The number of phenolic OH excluding ortho intramolecular Hbond substituents is 1. The van der Waals surface area contributed by atoms with Crippen LogP contribution in [0.3, 0.4) is 0 Å². The first-order valence-electron chi connectivity index (χ1n) is 6.08. The van der Waals surface area contributed by atoms with Gasteiger partial charge in [0.1, 0.15) is 17.5 Å². The first-order chi connectivity index (χ1) is 9.99. The van der Waals surface area contributed by atoms with E-state index in [0.29, 0.717) is 5.56 Å². The Hall–Kier alpha value is -2.93. The van der Waals surface area contributed by atoms with Crippen molar-refractivity contribution in [3.63, 3.8) is 0 Å². The minimum atomic E-state index is -0.945. The molecule has 108 valence electrons. The number of hydrogen-bond acceptors (Lipinski definition) is 5. The minimum absolute atomic E-state index is 0.0193. The van der Waals surface area contributed by atoms with Crippen molar-refractivity contribution in [3.8, 4) is 5.75 Å². The molecule has 0 aromatic heterocycles. The Morgan fingerprint density at radius 1 is 1.24 bits per heavy atom. The van der Waals surface area contributed by atoms with Gasteiger partial charge >= 0.3 is 0 Å². The van der Waals surface area contributed by atoms with Gasteiger partial charge in [-0.3, -0.25) is 14.9 Å². The van der Waals surface area contributed by atoms with Crippen LogP contribution in [0.15, 0.2) is 48.5 Å². The van der Waals surface area contributed by atoms with E-state index in [-0.39, 0.29) is 11.4 Å². The van der Waals surface area contributed by atoms with Crippen LogP contribution in [-0.4, -0.2) is 15.9 Å². The molecule has 0 aliphatic carbocycles. The minimum Gasteiger partial charge on any atom is -0.508 e. The number of nitro benzene ring substituents is 1. The summed E-state index contributed by atoms with van der Waals surface area (Å²) in [5.74, 6) is -0.831. The third-order valence-corrected chi connectivity index (χ3v) is 2.88.